The molecule has 0 spiro atoms. The summed E-state index contributed by atoms with van der Waals surface area (Å²) in [5.41, 5.74) is 0. The third-order valence-electron chi connectivity index (χ3n) is 4.78. The fourth-order valence-corrected chi connectivity index (χ4v) is 5.73. The monoisotopic (exact) mass is 688 g/mol. The Kier molecular flexibility index (Phi) is 12.9. The Bertz CT molecular complexity index is 820. The first-order chi connectivity index (χ1) is 14.2. The number of rotatable bonds is 13. The zero-order valence-corrected chi connectivity index (χ0v) is 24.1. The number of hydrogen-bond acceptors (Lipinski definition) is 4. The largest absolute Gasteiger partial charge is 1.00 e. The Morgan fingerprint density at radius 2 is 1.58 bits per heavy atom. The molecule has 0 aliphatic rings. The van der Waals surface area contributed by atoms with Gasteiger partial charge in [-0.3, -0.25) is 10.1 Å². The molecule has 0 radical (unpaired) electrons. The summed E-state index contributed by atoms with van der Waals surface area (Å²) in [4.78, 5) is 10.2. The highest BCUT2D eigenvalue weighted by molar-refractivity contribution is 9.11. The fourth-order valence-electron chi connectivity index (χ4n) is 3.24. The van der Waals surface area contributed by atoms with E-state index in [0.717, 1.165) is 49.5 Å². The lowest BCUT2D eigenvalue weighted by molar-refractivity contribution is -0.904. The molecule has 0 bridgehead atoms. The van der Waals surface area contributed by atoms with Gasteiger partial charge in [-0.25, -0.2) is 0 Å². The molecule has 1 heterocycles. The maximum absolute atomic E-state index is 10.7. The molecular weight excluding hydrogens is 664 g/mol. The molecule has 10 heteroatoms. The summed E-state index contributed by atoms with van der Waals surface area (Å²) in [6.45, 7) is 2.38. The standard InChI is InChI=1S/C21H28Br3N2O4.BrH/c1-26(2,15-17-9-10-20(30-17)25(27)28)11-7-5-3-4-6-8-12-29-21-18(23)13-16(22)14-19(21)24;/h9-10,13-14H,3-8,11-12,15H2,1-2H3;1H/q+1;/p-1. The molecule has 2 aromatic rings. The van der Waals surface area contributed by atoms with Crippen molar-refractivity contribution in [2.75, 3.05) is 27.2 Å². The van der Waals surface area contributed by atoms with Crippen LogP contribution in [0.15, 0.2) is 42.1 Å². The van der Waals surface area contributed by atoms with Gasteiger partial charge in [-0.05, 0) is 69.3 Å². The van der Waals surface area contributed by atoms with Crippen LogP contribution in [-0.2, 0) is 6.54 Å². The lowest BCUT2D eigenvalue weighted by atomic mass is 10.1. The van der Waals surface area contributed by atoms with Crippen molar-refractivity contribution in [1.29, 1.82) is 0 Å². The van der Waals surface area contributed by atoms with E-state index >= 15 is 0 Å². The number of hydrogen-bond donors (Lipinski definition) is 0. The number of ether oxygens (including phenoxy) is 1. The number of furan rings is 1. The van der Waals surface area contributed by atoms with Crippen LogP contribution in [0.25, 0.3) is 0 Å². The Labute approximate surface area is 219 Å². The predicted octanol–water partition coefficient (Wildman–Crippen LogP) is 4.48. The van der Waals surface area contributed by atoms with E-state index in [0.29, 0.717) is 18.9 Å². The first kappa shape index (κ1) is 28.6. The zero-order chi connectivity index (χ0) is 22.1. The van der Waals surface area contributed by atoms with E-state index in [1.807, 2.05) is 12.1 Å². The number of halogens is 4. The van der Waals surface area contributed by atoms with Crippen molar-refractivity contribution in [2.24, 2.45) is 0 Å². The summed E-state index contributed by atoms with van der Waals surface area (Å²) in [7, 11) is 4.26. The molecule has 2 rings (SSSR count). The topological polar surface area (TPSA) is 65.5 Å². The van der Waals surface area contributed by atoms with Gasteiger partial charge < -0.3 is 30.6 Å². The number of quaternary nitrogens is 1. The summed E-state index contributed by atoms with van der Waals surface area (Å²) in [5.74, 6) is 1.32. The maximum atomic E-state index is 10.7. The summed E-state index contributed by atoms with van der Waals surface area (Å²) in [6.07, 6.45) is 6.91. The molecule has 31 heavy (non-hydrogen) atoms. The van der Waals surface area contributed by atoms with Gasteiger partial charge in [-0.1, -0.05) is 35.2 Å². The Balaban J connectivity index is 0.00000480. The quantitative estimate of drug-likeness (QED) is 0.135. The van der Waals surface area contributed by atoms with Gasteiger partial charge in [-0.2, -0.15) is 0 Å². The first-order valence-electron chi connectivity index (χ1n) is 10.0. The molecule has 0 aliphatic heterocycles. The highest BCUT2D eigenvalue weighted by atomic mass is 79.9. The molecule has 6 nitrogen and oxygen atoms in total. The molecule has 0 aliphatic carbocycles. The van der Waals surface area contributed by atoms with Crippen molar-refractivity contribution < 1.29 is 35.5 Å². The average molecular weight is 692 g/mol. The molecule has 0 unspecified atom stereocenters. The molecule has 0 amide bonds. The van der Waals surface area contributed by atoms with Crippen LogP contribution in [0.4, 0.5) is 5.88 Å². The lowest BCUT2D eigenvalue weighted by Crippen LogP contribution is -3.00. The van der Waals surface area contributed by atoms with Gasteiger partial charge in [0.05, 0.1) is 42.3 Å². The van der Waals surface area contributed by atoms with Crippen molar-refractivity contribution in [3.8, 4) is 5.75 Å². The van der Waals surface area contributed by atoms with Gasteiger partial charge >= 0.3 is 5.88 Å². The molecule has 0 fully saturated rings. The summed E-state index contributed by atoms with van der Waals surface area (Å²) in [6, 6.07) is 7.08. The van der Waals surface area contributed by atoms with Crippen LogP contribution >= 0.6 is 47.8 Å². The van der Waals surface area contributed by atoms with Crippen molar-refractivity contribution in [3.63, 3.8) is 0 Å². The number of unbranched alkanes of at least 4 members (excludes halogenated alkanes) is 5. The van der Waals surface area contributed by atoms with Gasteiger partial charge in [0.15, 0.2) is 5.76 Å². The highest BCUT2D eigenvalue weighted by Crippen LogP contribution is 2.36. The predicted molar refractivity (Wildman–Crippen MR) is 129 cm³/mol. The molecule has 0 saturated heterocycles. The molecule has 0 N–H and O–H groups in total. The van der Waals surface area contributed by atoms with Crippen LogP contribution in [0, 0.1) is 10.1 Å². The molecule has 0 saturated carbocycles. The molecule has 1 aromatic heterocycles. The number of nitrogens with zero attached hydrogens (tertiary/aromatic N) is 2. The summed E-state index contributed by atoms with van der Waals surface area (Å²) >= 11 is 10.5. The Hall–Kier alpha value is -0.420. The number of benzene rings is 1. The highest BCUT2D eigenvalue weighted by Gasteiger charge is 2.20. The third-order valence-corrected chi connectivity index (χ3v) is 6.41. The number of nitro groups is 1. The van der Waals surface area contributed by atoms with Gasteiger partial charge in [0.2, 0.25) is 0 Å². The zero-order valence-electron chi connectivity index (χ0n) is 17.7. The van der Waals surface area contributed by atoms with Gasteiger partial charge in [-0.15, -0.1) is 0 Å². The van der Waals surface area contributed by atoms with Gasteiger partial charge in [0, 0.05) is 4.47 Å². The van der Waals surface area contributed by atoms with E-state index in [2.05, 4.69) is 61.9 Å². The molecule has 174 valence electrons. The van der Waals surface area contributed by atoms with E-state index in [1.54, 1.807) is 6.07 Å². The molecule has 0 atom stereocenters. The second-order valence-electron chi connectivity index (χ2n) is 7.98. The minimum absolute atomic E-state index is 0. The summed E-state index contributed by atoms with van der Waals surface area (Å²) in [5, 5.41) is 10.7. The van der Waals surface area contributed by atoms with Gasteiger partial charge in [0.1, 0.15) is 17.2 Å². The Morgan fingerprint density at radius 1 is 1.00 bits per heavy atom. The van der Waals surface area contributed by atoms with Crippen LogP contribution in [-0.4, -0.2) is 36.7 Å². The molecular formula is C21H28Br4N2O4. The molecule has 1 aromatic carbocycles. The van der Waals surface area contributed by atoms with Crippen molar-refractivity contribution in [2.45, 2.75) is 45.1 Å². The lowest BCUT2D eigenvalue weighted by Gasteiger charge is -2.28. The minimum Gasteiger partial charge on any atom is -1.00 e. The smallest absolute Gasteiger partial charge is 0.433 e. The van der Waals surface area contributed by atoms with Crippen LogP contribution in [0.2, 0.25) is 0 Å². The average Bonchev–Trinajstić information content (AvgIpc) is 3.10. The van der Waals surface area contributed by atoms with Crippen molar-refractivity contribution in [3.05, 3.63) is 53.6 Å². The fraction of sp³-hybridized carbons (Fsp3) is 0.524. The van der Waals surface area contributed by atoms with E-state index in [-0.39, 0.29) is 22.9 Å². The third kappa shape index (κ3) is 10.4. The van der Waals surface area contributed by atoms with Crippen molar-refractivity contribution in [1.82, 2.24) is 0 Å². The maximum Gasteiger partial charge on any atom is 0.433 e. The van der Waals surface area contributed by atoms with Crippen molar-refractivity contribution >= 4 is 53.7 Å². The SMILES string of the molecule is C[N+](C)(CCCCCCCCOc1c(Br)cc(Br)cc1Br)Cc1ccc([N+](=O)[O-])o1.[Br-]. The van der Waals surface area contributed by atoms with E-state index in [1.165, 1.54) is 25.3 Å². The van der Waals surface area contributed by atoms with Crippen LogP contribution in [0.1, 0.15) is 44.3 Å². The first-order valence-corrected chi connectivity index (χ1v) is 12.4. The van der Waals surface area contributed by atoms with E-state index in [9.17, 15) is 10.1 Å². The normalized spacial score (nSPS) is 11.3. The van der Waals surface area contributed by atoms with E-state index < -0.39 is 4.92 Å². The van der Waals surface area contributed by atoms with Gasteiger partial charge in [0.25, 0.3) is 0 Å². The summed E-state index contributed by atoms with van der Waals surface area (Å²) < 4.78 is 14.8. The Morgan fingerprint density at radius 3 is 2.16 bits per heavy atom. The minimum atomic E-state index is -0.495. The van der Waals surface area contributed by atoms with Crippen LogP contribution in [0.5, 0.6) is 5.75 Å². The van der Waals surface area contributed by atoms with Crippen LogP contribution < -0.4 is 21.7 Å². The van der Waals surface area contributed by atoms with E-state index in [4.69, 9.17) is 9.15 Å². The second-order valence-corrected chi connectivity index (χ2v) is 10.6. The van der Waals surface area contributed by atoms with Crippen LogP contribution in [0.3, 0.4) is 0 Å². The second kappa shape index (κ2) is 14.0.